The SMILES string of the molecule is [B]c1cc(C(N)=O)c(N)cn1. The van der Waals surface area contributed by atoms with Gasteiger partial charge in [0.2, 0.25) is 0 Å². The summed E-state index contributed by atoms with van der Waals surface area (Å²) >= 11 is 0. The monoisotopic (exact) mass is 147 g/mol. The van der Waals surface area contributed by atoms with E-state index in [4.69, 9.17) is 19.3 Å². The van der Waals surface area contributed by atoms with Crippen LogP contribution in [0, 0.1) is 0 Å². The number of nitrogen functional groups attached to an aromatic ring is 1. The summed E-state index contributed by atoms with van der Waals surface area (Å²) in [6.45, 7) is 0. The summed E-state index contributed by atoms with van der Waals surface area (Å²) < 4.78 is 0. The van der Waals surface area contributed by atoms with E-state index in [9.17, 15) is 4.79 Å². The minimum absolute atomic E-state index is 0.206. The van der Waals surface area contributed by atoms with Crippen molar-refractivity contribution < 1.29 is 4.79 Å². The number of nitrogens with two attached hydrogens (primary N) is 2. The third kappa shape index (κ3) is 1.49. The number of hydrogen-bond acceptors (Lipinski definition) is 3. The van der Waals surface area contributed by atoms with Gasteiger partial charge in [0.05, 0.1) is 11.3 Å². The van der Waals surface area contributed by atoms with E-state index in [0.717, 1.165) is 0 Å². The van der Waals surface area contributed by atoms with Gasteiger partial charge in [0.15, 0.2) is 0 Å². The molecule has 1 aromatic heterocycles. The Labute approximate surface area is 65.0 Å². The molecule has 2 radical (unpaired) electrons. The number of pyridine rings is 1. The minimum Gasteiger partial charge on any atom is -0.397 e. The Bertz CT molecular complexity index is 300. The van der Waals surface area contributed by atoms with Gasteiger partial charge >= 0.3 is 0 Å². The minimum atomic E-state index is -0.600. The maximum absolute atomic E-state index is 10.6. The van der Waals surface area contributed by atoms with Crippen LogP contribution in [0.1, 0.15) is 10.4 Å². The molecule has 1 rings (SSSR count). The lowest BCUT2D eigenvalue weighted by Gasteiger charge is -2.00. The van der Waals surface area contributed by atoms with Gasteiger partial charge in [0.25, 0.3) is 5.91 Å². The van der Waals surface area contributed by atoms with Crippen LogP contribution in [0.3, 0.4) is 0 Å². The van der Waals surface area contributed by atoms with E-state index in [1.165, 1.54) is 12.3 Å². The third-order valence-electron chi connectivity index (χ3n) is 1.22. The first-order valence-electron chi connectivity index (χ1n) is 2.92. The molecule has 0 atom stereocenters. The number of hydrogen-bond donors (Lipinski definition) is 2. The lowest BCUT2D eigenvalue weighted by atomic mass is 10.0. The van der Waals surface area contributed by atoms with E-state index >= 15 is 0 Å². The van der Waals surface area contributed by atoms with Crippen molar-refractivity contribution in [3.8, 4) is 0 Å². The summed E-state index contributed by atoms with van der Waals surface area (Å²) in [6, 6.07) is 1.34. The molecule has 0 aliphatic carbocycles. The molecule has 0 aliphatic rings. The Kier molecular flexibility index (Phi) is 1.80. The molecule has 0 spiro atoms. The van der Waals surface area contributed by atoms with Crippen molar-refractivity contribution >= 4 is 25.0 Å². The summed E-state index contributed by atoms with van der Waals surface area (Å²) in [5.74, 6) is -0.600. The predicted molar refractivity (Wildman–Crippen MR) is 42.6 cm³/mol. The van der Waals surface area contributed by atoms with Gasteiger partial charge in [0.1, 0.15) is 7.85 Å². The molecular formula is C6H6BN3O. The second-order valence-corrected chi connectivity index (χ2v) is 2.06. The van der Waals surface area contributed by atoms with Crippen LogP contribution in [-0.2, 0) is 0 Å². The van der Waals surface area contributed by atoms with Gasteiger partial charge in [-0.15, -0.1) is 0 Å². The van der Waals surface area contributed by atoms with Crippen LogP contribution in [0.5, 0.6) is 0 Å². The van der Waals surface area contributed by atoms with Crippen molar-refractivity contribution in [1.29, 1.82) is 0 Å². The molecule has 0 saturated carbocycles. The molecule has 0 aliphatic heterocycles. The number of primary amides is 1. The van der Waals surface area contributed by atoms with E-state index in [-0.39, 0.29) is 16.8 Å². The first kappa shape index (κ1) is 7.59. The topological polar surface area (TPSA) is 82.0 Å². The lowest BCUT2D eigenvalue weighted by Crippen LogP contribution is -2.18. The van der Waals surface area contributed by atoms with Gasteiger partial charge in [0, 0.05) is 6.20 Å². The summed E-state index contributed by atoms with van der Waals surface area (Å²) in [7, 11) is 5.29. The van der Waals surface area contributed by atoms with Crippen LogP contribution in [0.25, 0.3) is 0 Å². The number of amides is 1. The first-order valence-corrected chi connectivity index (χ1v) is 2.92. The fourth-order valence-corrected chi connectivity index (χ4v) is 0.695. The quantitative estimate of drug-likeness (QED) is 0.477. The number of carbonyl (C=O) groups is 1. The number of nitrogens with zero attached hydrogens (tertiary/aromatic N) is 1. The molecule has 5 heteroatoms. The average Bonchev–Trinajstić information content (AvgIpc) is 1.94. The van der Waals surface area contributed by atoms with E-state index in [1.54, 1.807) is 0 Å². The largest absolute Gasteiger partial charge is 0.397 e. The molecule has 1 aromatic rings. The van der Waals surface area contributed by atoms with Crippen molar-refractivity contribution in [2.45, 2.75) is 0 Å². The van der Waals surface area contributed by atoms with Crippen LogP contribution >= 0.6 is 0 Å². The van der Waals surface area contributed by atoms with Crippen LogP contribution in [0.4, 0.5) is 5.69 Å². The fraction of sp³-hybridized carbons (Fsp3) is 0. The van der Waals surface area contributed by atoms with Gasteiger partial charge in [-0.2, -0.15) is 0 Å². The van der Waals surface area contributed by atoms with Crippen molar-refractivity contribution in [2.75, 3.05) is 5.73 Å². The zero-order chi connectivity index (χ0) is 8.43. The second kappa shape index (κ2) is 2.61. The normalized spacial score (nSPS) is 9.45. The molecule has 0 aromatic carbocycles. The van der Waals surface area contributed by atoms with Crippen molar-refractivity contribution in [1.82, 2.24) is 4.98 Å². The Morgan fingerprint density at radius 1 is 1.64 bits per heavy atom. The third-order valence-corrected chi connectivity index (χ3v) is 1.22. The number of aromatic nitrogens is 1. The summed E-state index contributed by atoms with van der Waals surface area (Å²) in [5, 5.41) is 0. The van der Waals surface area contributed by atoms with Crippen molar-refractivity contribution in [3.05, 3.63) is 17.8 Å². The number of rotatable bonds is 1. The van der Waals surface area contributed by atoms with E-state index in [1.807, 2.05) is 0 Å². The van der Waals surface area contributed by atoms with Crippen LogP contribution in [-0.4, -0.2) is 18.7 Å². The van der Waals surface area contributed by atoms with Gasteiger partial charge in [-0.25, -0.2) is 0 Å². The molecule has 54 valence electrons. The molecule has 0 bridgehead atoms. The number of carbonyl (C=O) groups excluding carboxylic acids is 1. The molecule has 0 fully saturated rings. The van der Waals surface area contributed by atoms with Crippen LogP contribution < -0.4 is 17.1 Å². The fourth-order valence-electron chi connectivity index (χ4n) is 0.695. The van der Waals surface area contributed by atoms with Crippen molar-refractivity contribution in [2.24, 2.45) is 5.73 Å². The standard InChI is InChI=1S/C6H6BN3O/c7-5-1-3(6(9)11)4(8)2-10-5/h1-2H,8H2,(H2,9,11). The maximum atomic E-state index is 10.6. The van der Waals surface area contributed by atoms with Crippen molar-refractivity contribution in [3.63, 3.8) is 0 Å². The number of anilines is 1. The molecule has 11 heavy (non-hydrogen) atoms. The van der Waals surface area contributed by atoms with E-state index in [0.29, 0.717) is 0 Å². The molecule has 0 unspecified atom stereocenters. The zero-order valence-corrected chi connectivity index (χ0v) is 5.74. The predicted octanol–water partition coefficient (Wildman–Crippen LogP) is -1.44. The highest BCUT2D eigenvalue weighted by atomic mass is 16.1. The van der Waals surface area contributed by atoms with Gasteiger partial charge in [-0.1, -0.05) is 0 Å². The molecule has 1 heterocycles. The van der Waals surface area contributed by atoms with Gasteiger partial charge in [-0.05, 0) is 11.7 Å². The highest BCUT2D eigenvalue weighted by Crippen LogP contribution is 2.04. The lowest BCUT2D eigenvalue weighted by molar-refractivity contribution is 0.100. The highest BCUT2D eigenvalue weighted by molar-refractivity contribution is 6.31. The summed E-state index contributed by atoms with van der Waals surface area (Å²) in [4.78, 5) is 14.3. The van der Waals surface area contributed by atoms with Crippen LogP contribution in [0.15, 0.2) is 12.3 Å². The van der Waals surface area contributed by atoms with E-state index < -0.39 is 5.91 Å². The van der Waals surface area contributed by atoms with E-state index in [2.05, 4.69) is 4.98 Å². The zero-order valence-electron chi connectivity index (χ0n) is 5.74. The Balaban J connectivity index is 3.23. The molecular weight excluding hydrogens is 141 g/mol. The second-order valence-electron chi connectivity index (χ2n) is 2.06. The Hall–Kier alpha value is -1.52. The maximum Gasteiger partial charge on any atom is 0.250 e. The summed E-state index contributed by atoms with van der Waals surface area (Å²) in [6.07, 6.45) is 1.30. The Morgan fingerprint density at radius 2 is 2.27 bits per heavy atom. The Morgan fingerprint density at radius 3 is 2.73 bits per heavy atom. The summed E-state index contributed by atoms with van der Waals surface area (Å²) in [5.41, 5.74) is 11.0. The van der Waals surface area contributed by atoms with Crippen LogP contribution in [0.2, 0.25) is 0 Å². The molecule has 1 amide bonds. The van der Waals surface area contributed by atoms with Gasteiger partial charge in [-0.3, -0.25) is 9.78 Å². The highest BCUT2D eigenvalue weighted by Gasteiger charge is 2.04. The molecule has 4 N–H and O–H groups in total. The first-order chi connectivity index (χ1) is 5.11. The smallest absolute Gasteiger partial charge is 0.250 e. The average molecular weight is 147 g/mol. The van der Waals surface area contributed by atoms with Gasteiger partial charge < -0.3 is 11.5 Å². The molecule has 4 nitrogen and oxygen atoms in total. The molecule has 0 saturated heterocycles.